The molecular weight excluding hydrogens is 155 g/mol. The molecule has 0 aliphatic heterocycles. The Hall–Kier alpha value is 0.383. The predicted octanol–water partition coefficient (Wildman–Crippen LogP) is 1.92. The fourth-order valence-electron chi connectivity index (χ4n) is 0.302. The Morgan fingerprint density at radius 1 is 1.38 bits per heavy atom. The number of nitrogens with one attached hydrogen (secondary N) is 1. The van der Waals surface area contributed by atoms with Gasteiger partial charge in [0.15, 0.2) is 0 Å². The zero-order valence-electron chi connectivity index (χ0n) is 5.15. The van der Waals surface area contributed by atoms with E-state index in [4.69, 9.17) is 9.31 Å². The molecule has 0 saturated heterocycles. The second-order valence-corrected chi connectivity index (χ2v) is 1.31. The van der Waals surface area contributed by atoms with Crippen LogP contribution in [0, 0.1) is 6.92 Å². The molecule has 0 fully saturated rings. The van der Waals surface area contributed by atoms with E-state index in [0.29, 0.717) is 6.54 Å². The molecule has 0 rings (SSSR count). The Balaban J connectivity index is 0. The summed E-state index contributed by atoms with van der Waals surface area (Å²) in [5.74, 6) is 0. The van der Waals surface area contributed by atoms with Gasteiger partial charge in [-0.3, -0.25) is 0 Å². The van der Waals surface area contributed by atoms with Gasteiger partial charge in [-0.25, -0.2) is 0 Å². The predicted molar refractivity (Wildman–Crippen MR) is 29.1 cm³/mol. The Morgan fingerprint density at radius 3 is 2.00 bits per heavy atom. The van der Waals surface area contributed by atoms with Gasteiger partial charge in [0.25, 0.3) is 0 Å². The number of hydrogen-bond donors (Lipinski definition) is 0. The molecule has 3 heteroatoms. The first-order chi connectivity index (χ1) is 3.91. The number of unbranched alkanes of at least 4 members (excludes halogenated alkanes) is 2. The van der Waals surface area contributed by atoms with Crippen molar-refractivity contribution in [2.75, 3.05) is 6.54 Å². The molecule has 0 aliphatic rings. The van der Waals surface area contributed by atoms with Crippen molar-refractivity contribution >= 4 is 0 Å². The average Bonchev–Trinajstić information content (AvgIpc) is 1.88. The monoisotopic (exact) mass is 165 g/mol. The van der Waals surface area contributed by atoms with Gasteiger partial charge in [0.1, 0.15) is 0 Å². The summed E-state index contributed by atoms with van der Waals surface area (Å²) in [6.45, 7) is 4.20. The van der Waals surface area contributed by atoms with E-state index < -0.39 is 0 Å². The third kappa shape index (κ3) is 16.2. The van der Waals surface area contributed by atoms with Crippen molar-refractivity contribution in [1.29, 1.82) is 0 Å². The summed E-state index contributed by atoms with van der Waals surface area (Å²) in [6.07, 6.45) is 3.12. The van der Waals surface area contributed by atoms with Crippen LogP contribution in [0.5, 0.6) is 0 Å². The van der Waals surface area contributed by atoms with Crippen LogP contribution in [0.15, 0.2) is 0 Å². The van der Waals surface area contributed by atoms with Crippen molar-refractivity contribution in [3.8, 4) is 0 Å². The summed E-state index contributed by atoms with van der Waals surface area (Å²) in [5, 5.41) is 0. The van der Waals surface area contributed by atoms with Crippen LogP contribution < -0.4 is 0 Å². The standard InChI is InChI=1S/C5H11N.O.Zn/c1-2-3-4-5-6;;/h6H,1-5H2;;/q-2;;. The van der Waals surface area contributed by atoms with E-state index in [1.807, 2.05) is 0 Å². The Morgan fingerprint density at radius 2 is 1.88 bits per heavy atom. The zero-order valence-corrected chi connectivity index (χ0v) is 8.12. The molecule has 2 nitrogen and oxygen atoms in total. The molecule has 0 aromatic rings. The first-order valence-electron chi connectivity index (χ1n) is 2.64. The van der Waals surface area contributed by atoms with Crippen molar-refractivity contribution in [3.63, 3.8) is 0 Å². The van der Waals surface area contributed by atoms with Gasteiger partial charge in [-0.1, -0.05) is 12.8 Å². The van der Waals surface area contributed by atoms with E-state index >= 15 is 0 Å². The van der Waals surface area contributed by atoms with Crippen molar-refractivity contribution in [3.05, 3.63) is 12.7 Å². The number of hydrogen-bond acceptors (Lipinski definition) is 1. The second kappa shape index (κ2) is 15.7. The van der Waals surface area contributed by atoms with Gasteiger partial charge in [0, 0.05) is 0 Å². The first kappa shape index (κ1) is 11.2. The van der Waals surface area contributed by atoms with Crippen LogP contribution in [0.3, 0.4) is 0 Å². The normalized spacial score (nSPS) is 7.50. The zero-order chi connectivity index (χ0) is 6.83. The fraction of sp³-hybridized carbons (Fsp3) is 0.800. The third-order valence-electron chi connectivity index (χ3n) is 0.677. The summed E-state index contributed by atoms with van der Waals surface area (Å²) in [4.78, 5) is 0. The molecule has 0 bridgehead atoms. The molecule has 8 heavy (non-hydrogen) atoms. The molecule has 0 unspecified atom stereocenters. The molecule has 1 N–H and O–H groups in total. The molecule has 0 atom stereocenters. The van der Waals surface area contributed by atoms with Gasteiger partial charge in [-0.05, 0) is 0 Å². The van der Waals surface area contributed by atoms with E-state index in [1.165, 1.54) is 0 Å². The average molecular weight is 167 g/mol. The van der Waals surface area contributed by atoms with Crippen LogP contribution in [-0.4, -0.2) is 6.54 Å². The van der Waals surface area contributed by atoms with E-state index in [9.17, 15) is 0 Å². The third-order valence-corrected chi connectivity index (χ3v) is 0.677. The Kier molecular flexibility index (Phi) is 22.0. The van der Waals surface area contributed by atoms with Crippen LogP contribution >= 0.6 is 0 Å². The van der Waals surface area contributed by atoms with E-state index in [0.717, 1.165) is 19.3 Å². The summed E-state index contributed by atoms with van der Waals surface area (Å²) >= 11 is 0.125. The molecule has 0 radical (unpaired) electrons. The fourth-order valence-corrected chi connectivity index (χ4v) is 0.302. The maximum absolute atomic E-state index is 8.38. The molecule has 46 valence electrons. The quantitative estimate of drug-likeness (QED) is 0.359. The van der Waals surface area contributed by atoms with Crippen LogP contribution in [0.4, 0.5) is 0 Å². The van der Waals surface area contributed by atoms with Crippen molar-refractivity contribution in [2.45, 2.75) is 19.3 Å². The summed E-state index contributed by atoms with van der Waals surface area (Å²) in [5.41, 5.74) is 6.68. The summed E-state index contributed by atoms with van der Waals surface area (Å²) in [6, 6.07) is 0. The van der Waals surface area contributed by atoms with Gasteiger partial charge in [-0.15, -0.1) is 0 Å². The second-order valence-electron chi connectivity index (χ2n) is 1.31. The molecule has 0 aromatic carbocycles. The minimum atomic E-state index is 0.125. The van der Waals surface area contributed by atoms with Gasteiger partial charge in [0.05, 0.1) is 0 Å². The molecular formula is C5H11NOZn-2. The van der Waals surface area contributed by atoms with Gasteiger partial charge >= 0.3 is 21.8 Å². The SMILES string of the molecule is [CH2-]CCCC[NH-].[O]=[Zn]. The van der Waals surface area contributed by atoms with E-state index in [2.05, 4.69) is 6.92 Å². The minimum absolute atomic E-state index is 0.125. The molecule has 0 aliphatic carbocycles. The number of rotatable bonds is 3. The van der Waals surface area contributed by atoms with Gasteiger partial charge in [-0.2, -0.15) is 13.0 Å². The molecule has 0 amide bonds. The topological polar surface area (TPSA) is 40.9 Å². The first-order valence-corrected chi connectivity index (χ1v) is 3.85. The van der Waals surface area contributed by atoms with E-state index in [-0.39, 0.29) is 18.3 Å². The Bertz CT molecular complexity index is 31.6. The van der Waals surface area contributed by atoms with Gasteiger partial charge in [0.2, 0.25) is 0 Å². The van der Waals surface area contributed by atoms with Crippen LogP contribution in [0.2, 0.25) is 0 Å². The van der Waals surface area contributed by atoms with Crippen LogP contribution in [-0.2, 0) is 21.8 Å². The Labute approximate surface area is 60.8 Å². The molecule has 0 saturated carbocycles. The summed E-state index contributed by atoms with van der Waals surface area (Å²) in [7, 11) is 0. The van der Waals surface area contributed by atoms with Gasteiger partial charge < -0.3 is 12.7 Å². The summed E-state index contributed by atoms with van der Waals surface area (Å²) < 4.78 is 8.38. The van der Waals surface area contributed by atoms with Crippen molar-refractivity contribution < 1.29 is 21.8 Å². The molecule has 0 heterocycles. The van der Waals surface area contributed by atoms with Crippen molar-refractivity contribution in [1.82, 2.24) is 0 Å². The van der Waals surface area contributed by atoms with E-state index in [1.54, 1.807) is 0 Å². The maximum atomic E-state index is 8.38. The van der Waals surface area contributed by atoms with Crippen molar-refractivity contribution in [2.24, 2.45) is 0 Å². The molecule has 0 spiro atoms. The molecule has 0 aromatic heterocycles. The van der Waals surface area contributed by atoms with Crippen LogP contribution in [0.25, 0.3) is 5.73 Å². The van der Waals surface area contributed by atoms with Crippen LogP contribution in [0.1, 0.15) is 19.3 Å².